The van der Waals surface area contributed by atoms with E-state index in [4.69, 9.17) is 16.3 Å². The first-order chi connectivity index (χ1) is 13.1. The number of fused-ring (bicyclic) bond motifs is 2. The molecule has 2 aromatic carbocycles. The van der Waals surface area contributed by atoms with Crippen molar-refractivity contribution in [1.29, 1.82) is 0 Å². The van der Waals surface area contributed by atoms with Crippen molar-refractivity contribution in [2.24, 2.45) is 0 Å². The molecule has 0 fully saturated rings. The summed E-state index contributed by atoms with van der Waals surface area (Å²) in [5, 5.41) is 2.12. The number of rotatable bonds is 5. The van der Waals surface area contributed by atoms with E-state index in [-0.39, 0.29) is 31.1 Å². The van der Waals surface area contributed by atoms with Crippen LogP contribution in [0.15, 0.2) is 59.7 Å². The van der Waals surface area contributed by atoms with Crippen molar-refractivity contribution in [3.05, 3.63) is 75.1 Å². The van der Waals surface area contributed by atoms with Crippen LogP contribution in [-0.2, 0) is 22.7 Å². The monoisotopic (exact) mass is 398 g/mol. The fourth-order valence-corrected chi connectivity index (χ4v) is 4.25. The molecule has 2 heterocycles. The van der Waals surface area contributed by atoms with Crippen molar-refractivity contribution in [2.45, 2.75) is 19.6 Å². The van der Waals surface area contributed by atoms with E-state index in [1.807, 2.05) is 30.3 Å². The van der Waals surface area contributed by atoms with Gasteiger partial charge < -0.3 is 4.74 Å². The maximum absolute atomic E-state index is 12.4. The van der Waals surface area contributed by atoms with Crippen LogP contribution in [0.25, 0.3) is 21.0 Å². The van der Waals surface area contributed by atoms with Gasteiger partial charge in [-0.3, -0.25) is 14.2 Å². The van der Waals surface area contributed by atoms with Crippen LogP contribution in [0.3, 0.4) is 0 Å². The molecule has 4 rings (SSSR count). The van der Waals surface area contributed by atoms with Crippen LogP contribution in [0.4, 0.5) is 0 Å². The number of carbonyl (C=O) groups excluding carboxylic acids is 1. The minimum atomic E-state index is -0.386. The molecule has 136 valence electrons. The zero-order chi connectivity index (χ0) is 18.8. The second-order valence-corrected chi connectivity index (χ2v) is 7.52. The molecule has 0 bridgehead atoms. The topological polar surface area (TPSA) is 61.2 Å². The second kappa shape index (κ2) is 7.50. The van der Waals surface area contributed by atoms with Crippen LogP contribution < -0.4 is 5.56 Å². The first-order valence-corrected chi connectivity index (χ1v) is 9.58. The molecule has 0 aliphatic rings. The molecule has 7 heteroatoms. The number of carbonyl (C=O) groups is 1. The lowest BCUT2D eigenvalue weighted by Crippen LogP contribution is -2.22. The molecule has 0 saturated heterocycles. The van der Waals surface area contributed by atoms with Crippen molar-refractivity contribution in [2.75, 3.05) is 0 Å². The number of hydrogen-bond donors (Lipinski definition) is 0. The molecule has 0 radical (unpaired) electrons. The summed E-state index contributed by atoms with van der Waals surface area (Å²) in [6, 6.07) is 14.9. The third kappa shape index (κ3) is 3.59. The summed E-state index contributed by atoms with van der Waals surface area (Å²) >= 11 is 7.87. The van der Waals surface area contributed by atoms with E-state index >= 15 is 0 Å². The number of thiophene rings is 1. The summed E-state index contributed by atoms with van der Waals surface area (Å²) in [4.78, 5) is 29.6. The predicted octanol–water partition coefficient (Wildman–Crippen LogP) is 4.40. The van der Waals surface area contributed by atoms with Crippen LogP contribution >= 0.6 is 22.9 Å². The largest absolute Gasteiger partial charge is 0.460 e. The first-order valence-electron chi connectivity index (χ1n) is 8.39. The molecule has 0 amide bonds. The summed E-state index contributed by atoms with van der Waals surface area (Å²) in [6.07, 6.45) is 1.54. The van der Waals surface area contributed by atoms with Gasteiger partial charge >= 0.3 is 5.97 Å². The number of ether oxygens (including phenoxy) is 1. The second-order valence-electron chi connectivity index (χ2n) is 6.01. The molecule has 0 aliphatic carbocycles. The summed E-state index contributed by atoms with van der Waals surface area (Å²) in [6.45, 7) is 0.345. The Bertz CT molecular complexity index is 1200. The van der Waals surface area contributed by atoms with E-state index in [1.54, 1.807) is 18.2 Å². The Labute approximate surface area is 163 Å². The number of hydrogen-bond acceptors (Lipinski definition) is 5. The van der Waals surface area contributed by atoms with Gasteiger partial charge in [0.2, 0.25) is 0 Å². The quantitative estimate of drug-likeness (QED) is 0.467. The van der Waals surface area contributed by atoms with E-state index in [2.05, 4.69) is 4.98 Å². The minimum absolute atomic E-state index is 0.0858. The van der Waals surface area contributed by atoms with Crippen molar-refractivity contribution in [3.63, 3.8) is 0 Å². The Hall–Kier alpha value is -2.70. The summed E-state index contributed by atoms with van der Waals surface area (Å²) in [5.74, 6) is -0.386. The van der Waals surface area contributed by atoms with Crippen molar-refractivity contribution in [3.8, 4) is 0 Å². The Morgan fingerprint density at radius 2 is 1.85 bits per heavy atom. The SMILES string of the molecule is O=C(CCn1cnc2ccccc2c1=O)OCc1sc2ccccc2c1Cl. The van der Waals surface area contributed by atoms with E-state index in [9.17, 15) is 9.59 Å². The number of nitrogens with zero attached hydrogens (tertiary/aromatic N) is 2. The van der Waals surface area contributed by atoms with Gasteiger partial charge in [-0.2, -0.15) is 0 Å². The predicted molar refractivity (Wildman–Crippen MR) is 107 cm³/mol. The van der Waals surface area contributed by atoms with Crippen LogP contribution in [0, 0.1) is 0 Å². The number of para-hydroxylation sites is 1. The Kier molecular flexibility index (Phi) is 4.92. The van der Waals surface area contributed by atoms with Gasteiger partial charge in [0.1, 0.15) is 6.61 Å². The third-order valence-corrected chi connectivity index (χ3v) is 5.94. The molecule has 0 unspecified atom stereocenters. The van der Waals surface area contributed by atoms with Gasteiger partial charge in [-0.05, 0) is 18.2 Å². The number of halogens is 1. The van der Waals surface area contributed by atoms with E-state index in [0.717, 1.165) is 15.0 Å². The molecule has 0 atom stereocenters. The molecule has 2 aromatic heterocycles. The fourth-order valence-electron chi connectivity index (χ4n) is 2.85. The Morgan fingerprint density at radius 3 is 2.67 bits per heavy atom. The van der Waals surface area contributed by atoms with Gasteiger partial charge in [0.05, 0.1) is 33.6 Å². The van der Waals surface area contributed by atoms with Crippen molar-refractivity contribution < 1.29 is 9.53 Å². The molecule has 0 spiro atoms. The lowest BCUT2D eigenvalue weighted by molar-refractivity contribution is -0.145. The number of aromatic nitrogens is 2. The molecule has 0 N–H and O–H groups in total. The van der Waals surface area contributed by atoms with Crippen LogP contribution in [-0.4, -0.2) is 15.5 Å². The lowest BCUT2D eigenvalue weighted by Gasteiger charge is -2.07. The average Bonchev–Trinajstić information content (AvgIpc) is 3.02. The van der Waals surface area contributed by atoms with Gasteiger partial charge in [-0.25, -0.2) is 4.98 Å². The Morgan fingerprint density at radius 1 is 1.11 bits per heavy atom. The molecule has 27 heavy (non-hydrogen) atoms. The average molecular weight is 399 g/mol. The number of esters is 1. The maximum Gasteiger partial charge on any atom is 0.307 e. The smallest absolute Gasteiger partial charge is 0.307 e. The third-order valence-electron chi connectivity index (χ3n) is 4.25. The highest BCUT2D eigenvalue weighted by Crippen LogP contribution is 2.35. The van der Waals surface area contributed by atoms with Gasteiger partial charge in [0.15, 0.2) is 0 Å². The van der Waals surface area contributed by atoms with E-state index in [0.29, 0.717) is 15.9 Å². The normalized spacial score (nSPS) is 11.1. The molecule has 5 nitrogen and oxygen atoms in total. The van der Waals surface area contributed by atoms with E-state index < -0.39 is 0 Å². The minimum Gasteiger partial charge on any atom is -0.460 e. The highest BCUT2D eigenvalue weighted by atomic mass is 35.5. The van der Waals surface area contributed by atoms with Crippen LogP contribution in [0.2, 0.25) is 5.02 Å². The van der Waals surface area contributed by atoms with Crippen molar-refractivity contribution in [1.82, 2.24) is 9.55 Å². The molecular formula is C20H15ClN2O3S. The van der Waals surface area contributed by atoms with E-state index in [1.165, 1.54) is 22.2 Å². The number of aryl methyl sites for hydroxylation is 1. The molecular weight excluding hydrogens is 384 g/mol. The van der Waals surface area contributed by atoms with Gasteiger partial charge in [0.25, 0.3) is 5.56 Å². The summed E-state index contributed by atoms with van der Waals surface area (Å²) < 4.78 is 7.82. The molecule has 4 aromatic rings. The van der Waals surface area contributed by atoms with Gasteiger partial charge in [-0.15, -0.1) is 11.3 Å². The van der Waals surface area contributed by atoms with Crippen LogP contribution in [0.5, 0.6) is 0 Å². The summed E-state index contributed by atoms with van der Waals surface area (Å²) in [7, 11) is 0. The fraction of sp³-hybridized carbons (Fsp3) is 0.150. The van der Waals surface area contributed by atoms with Crippen molar-refractivity contribution >= 4 is 49.9 Å². The zero-order valence-corrected chi connectivity index (χ0v) is 15.8. The number of benzene rings is 2. The molecule has 0 saturated carbocycles. The maximum atomic E-state index is 12.4. The highest BCUT2D eigenvalue weighted by Gasteiger charge is 2.13. The Balaban J connectivity index is 1.40. The highest BCUT2D eigenvalue weighted by molar-refractivity contribution is 7.19. The van der Waals surface area contributed by atoms with Crippen LogP contribution in [0.1, 0.15) is 11.3 Å². The summed E-state index contributed by atoms with van der Waals surface area (Å²) in [5.41, 5.74) is 0.474. The first kappa shape index (κ1) is 17.7. The van der Waals surface area contributed by atoms with Gasteiger partial charge in [0, 0.05) is 16.6 Å². The standard InChI is InChI=1S/C20H15ClN2O3S/c21-19-14-6-2-4-8-16(14)27-17(19)11-26-18(24)9-10-23-12-22-15-7-3-1-5-13(15)20(23)25/h1-8,12H,9-11H2. The zero-order valence-electron chi connectivity index (χ0n) is 14.2. The van der Waals surface area contributed by atoms with Gasteiger partial charge in [-0.1, -0.05) is 41.9 Å². The molecule has 0 aliphatic heterocycles. The lowest BCUT2D eigenvalue weighted by atomic mass is 10.2.